The van der Waals surface area contributed by atoms with E-state index in [0.29, 0.717) is 17.2 Å². The van der Waals surface area contributed by atoms with Gasteiger partial charge in [0.1, 0.15) is 5.75 Å². The molecule has 0 N–H and O–H groups in total. The van der Waals surface area contributed by atoms with Crippen LogP contribution in [0.15, 0.2) is 29.8 Å². The smallest absolute Gasteiger partial charge is 0.338 e. The van der Waals surface area contributed by atoms with Gasteiger partial charge in [0.25, 0.3) is 0 Å². The first-order valence-electron chi connectivity index (χ1n) is 5.91. The third-order valence-corrected chi connectivity index (χ3v) is 2.84. The Kier molecular flexibility index (Phi) is 4.50. The van der Waals surface area contributed by atoms with Crippen LogP contribution in [-0.4, -0.2) is 5.97 Å². The summed E-state index contributed by atoms with van der Waals surface area (Å²) in [5, 5.41) is 0. The lowest BCUT2D eigenvalue weighted by molar-refractivity contribution is -0.130. The van der Waals surface area contributed by atoms with Gasteiger partial charge in [-0.25, -0.2) is 4.79 Å². The number of hydrogen-bond acceptors (Lipinski definition) is 2. The van der Waals surface area contributed by atoms with Crippen LogP contribution in [0, 0.1) is 6.92 Å². The van der Waals surface area contributed by atoms with Crippen molar-refractivity contribution in [3.8, 4) is 5.75 Å². The molecule has 1 rings (SSSR count). The maximum absolute atomic E-state index is 11.7. The number of esters is 1. The van der Waals surface area contributed by atoms with E-state index in [2.05, 4.69) is 19.9 Å². The molecule has 0 unspecified atom stereocenters. The summed E-state index contributed by atoms with van der Waals surface area (Å²) in [6.07, 6.45) is 1.75. The molecule has 0 radical (unpaired) electrons. The largest absolute Gasteiger partial charge is 0.423 e. The van der Waals surface area contributed by atoms with Gasteiger partial charge in [0.05, 0.1) is 0 Å². The van der Waals surface area contributed by atoms with E-state index in [9.17, 15) is 4.79 Å². The fourth-order valence-corrected chi connectivity index (χ4v) is 1.38. The van der Waals surface area contributed by atoms with Crippen LogP contribution < -0.4 is 4.74 Å². The van der Waals surface area contributed by atoms with Crippen LogP contribution in [0.4, 0.5) is 0 Å². The third-order valence-electron chi connectivity index (χ3n) is 2.84. The zero-order valence-electron chi connectivity index (χ0n) is 11.2. The van der Waals surface area contributed by atoms with Crippen LogP contribution in [0.3, 0.4) is 0 Å². The molecule has 0 bridgehead atoms. The topological polar surface area (TPSA) is 26.3 Å². The van der Waals surface area contributed by atoms with Crippen LogP contribution in [-0.2, 0) is 4.79 Å². The Morgan fingerprint density at radius 3 is 2.53 bits per heavy atom. The summed E-state index contributed by atoms with van der Waals surface area (Å²) in [5.41, 5.74) is 2.78. The van der Waals surface area contributed by atoms with Gasteiger partial charge in [-0.15, -0.1) is 0 Å². The number of ether oxygens (including phenoxy) is 1. The van der Waals surface area contributed by atoms with Gasteiger partial charge in [-0.2, -0.15) is 0 Å². The van der Waals surface area contributed by atoms with Crippen LogP contribution in [0.2, 0.25) is 0 Å². The predicted molar refractivity (Wildman–Crippen MR) is 70.3 cm³/mol. The van der Waals surface area contributed by atoms with Crippen LogP contribution in [0.1, 0.15) is 44.7 Å². The van der Waals surface area contributed by atoms with Gasteiger partial charge in [0.2, 0.25) is 0 Å². The lowest BCUT2D eigenvalue weighted by atomic mass is 10.0. The lowest BCUT2D eigenvalue weighted by Gasteiger charge is -2.11. The van der Waals surface area contributed by atoms with E-state index in [1.807, 2.05) is 26.0 Å². The van der Waals surface area contributed by atoms with E-state index in [1.54, 1.807) is 13.0 Å². The SMILES string of the molecule is C/C=C(\C)C(=O)Oc1cc(C(C)C)ccc1C. The molecule has 0 spiro atoms. The van der Waals surface area contributed by atoms with Crippen LogP contribution in [0.5, 0.6) is 5.75 Å². The minimum Gasteiger partial charge on any atom is -0.423 e. The van der Waals surface area contributed by atoms with Crippen molar-refractivity contribution in [1.82, 2.24) is 0 Å². The van der Waals surface area contributed by atoms with Gasteiger partial charge in [-0.3, -0.25) is 0 Å². The summed E-state index contributed by atoms with van der Waals surface area (Å²) in [6, 6.07) is 6.00. The number of aryl methyl sites for hydroxylation is 1. The van der Waals surface area contributed by atoms with Crippen LogP contribution in [0.25, 0.3) is 0 Å². The van der Waals surface area contributed by atoms with E-state index in [0.717, 1.165) is 5.56 Å². The van der Waals surface area contributed by atoms with E-state index in [-0.39, 0.29) is 5.97 Å². The second-order valence-corrected chi connectivity index (χ2v) is 4.54. The molecule has 0 heterocycles. The van der Waals surface area contributed by atoms with Crippen molar-refractivity contribution in [3.05, 3.63) is 41.0 Å². The molecule has 1 aromatic carbocycles. The minimum atomic E-state index is -0.281. The van der Waals surface area contributed by atoms with Gasteiger partial charge in [-0.05, 0) is 43.9 Å². The molecular weight excluding hydrogens is 212 g/mol. The number of benzene rings is 1. The van der Waals surface area contributed by atoms with Gasteiger partial charge >= 0.3 is 5.97 Å². The monoisotopic (exact) mass is 232 g/mol. The van der Waals surface area contributed by atoms with Crippen molar-refractivity contribution in [3.63, 3.8) is 0 Å². The number of carbonyl (C=O) groups excluding carboxylic acids is 1. The normalized spacial score (nSPS) is 11.8. The van der Waals surface area contributed by atoms with Crippen LogP contribution >= 0.6 is 0 Å². The molecule has 0 aliphatic rings. The Labute approximate surface area is 103 Å². The zero-order valence-corrected chi connectivity index (χ0v) is 11.2. The lowest BCUT2D eigenvalue weighted by Crippen LogP contribution is -2.10. The summed E-state index contributed by atoms with van der Waals surface area (Å²) in [4.78, 5) is 11.7. The molecule has 17 heavy (non-hydrogen) atoms. The Hall–Kier alpha value is -1.57. The highest BCUT2D eigenvalue weighted by atomic mass is 16.5. The number of carbonyl (C=O) groups is 1. The fourth-order valence-electron chi connectivity index (χ4n) is 1.38. The predicted octanol–water partition coefficient (Wildman–Crippen LogP) is 3.99. The van der Waals surface area contributed by atoms with Gasteiger partial charge in [0.15, 0.2) is 0 Å². The standard InChI is InChI=1S/C15H20O2/c1-6-11(4)15(16)17-14-9-13(10(2)3)8-7-12(14)5/h6-10H,1-5H3/b11-6+. The molecule has 0 aromatic heterocycles. The van der Waals surface area contributed by atoms with Crippen molar-refractivity contribution < 1.29 is 9.53 Å². The molecule has 0 amide bonds. The fraction of sp³-hybridized carbons (Fsp3) is 0.400. The maximum atomic E-state index is 11.7. The first-order valence-corrected chi connectivity index (χ1v) is 5.91. The molecule has 0 atom stereocenters. The van der Waals surface area contributed by atoms with Gasteiger partial charge in [0, 0.05) is 5.57 Å². The number of rotatable bonds is 3. The highest BCUT2D eigenvalue weighted by Gasteiger charge is 2.10. The Morgan fingerprint density at radius 2 is 2.00 bits per heavy atom. The molecule has 1 aromatic rings. The highest BCUT2D eigenvalue weighted by Crippen LogP contribution is 2.24. The van der Waals surface area contributed by atoms with Crippen molar-refractivity contribution in [2.45, 2.75) is 40.5 Å². The summed E-state index contributed by atoms with van der Waals surface area (Å²) in [6.45, 7) is 9.76. The van der Waals surface area contributed by atoms with Crippen molar-refractivity contribution >= 4 is 5.97 Å². The van der Waals surface area contributed by atoms with E-state index in [4.69, 9.17) is 4.74 Å². The summed E-state index contributed by atoms with van der Waals surface area (Å²) >= 11 is 0. The highest BCUT2D eigenvalue weighted by molar-refractivity contribution is 5.89. The quantitative estimate of drug-likeness (QED) is 0.447. The van der Waals surface area contributed by atoms with Crippen molar-refractivity contribution in [2.75, 3.05) is 0 Å². The first kappa shape index (κ1) is 13.5. The average molecular weight is 232 g/mol. The summed E-state index contributed by atoms with van der Waals surface area (Å²) in [7, 11) is 0. The van der Waals surface area contributed by atoms with Crippen molar-refractivity contribution in [2.24, 2.45) is 0 Å². The molecule has 0 saturated heterocycles. The Balaban J connectivity index is 2.98. The summed E-state index contributed by atoms with van der Waals surface area (Å²) < 4.78 is 5.38. The van der Waals surface area contributed by atoms with E-state index in [1.165, 1.54) is 5.56 Å². The second kappa shape index (κ2) is 5.67. The number of hydrogen-bond donors (Lipinski definition) is 0. The van der Waals surface area contributed by atoms with Gasteiger partial charge < -0.3 is 4.74 Å². The Bertz CT molecular complexity index is 442. The molecule has 2 heteroatoms. The van der Waals surface area contributed by atoms with Gasteiger partial charge in [-0.1, -0.05) is 32.1 Å². The molecule has 0 aliphatic carbocycles. The Morgan fingerprint density at radius 1 is 1.35 bits per heavy atom. The molecule has 0 fully saturated rings. The number of allylic oxidation sites excluding steroid dienone is 1. The summed E-state index contributed by atoms with van der Waals surface area (Å²) in [5.74, 6) is 0.801. The maximum Gasteiger partial charge on any atom is 0.338 e. The molecule has 2 nitrogen and oxygen atoms in total. The first-order chi connectivity index (χ1) is 7.95. The molecule has 0 aliphatic heterocycles. The average Bonchev–Trinajstić information content (AvgIpc) is 2.30. The molecular formula is C15H20O2. The minimum absolute atomic E-state index is 0.281. The van der Waals surface area contributed by atoms with Crippen molar-refractivity contribution in [1.29, 1.82) is 0 Å². The van der Waals surface area contributed by atoms with E-state index < -0.39 is 0 Å². The zero-order chi connectivity index (χ0) is 13.0. The molecule has 0 saturated carbocycles. The molecule has 92 valence electrons. The third kappa shape index (κ3) is 3.45. The van der Waals surface area contributed by atoms with E-state index >= 15 is 0 Å². The second-order valence-electron chi connectivity index (χ2n) is 4.54.